The van der Waals surface area contributed by atoms with Gasteiger partial charge in [0.2, 0.25) is 15.9 Å². The minimum absolute atomic E-state index is 0.0119. The molecule has 7 nitrogen and oxygen atoms in total. The van der Waals surface area contributed by atoms with Crippen LogP contribution in [-0.4, -0.2) is 50.7 Å². The maximum Gasteiger partial charge on any atom is 0.240 e. The molecule has 1 heterocycles. The molecule has 0 unspecified atom stereocenters. The summed E-state index contributed by atoms with van der Waals surface area (Å²) in [7, 11) is -3.73. The minimum Gasteiger partial charge on any atom is -0.353 e. The van der Waals surface area contributed by atoms with Gasteiger partial charge in [0.05, 0.1) is 4.90 Å². The van der Waals surface area contributed by atoms with Gasteiger partial charge in [-0.25, -0.2) is 13.1 Å². The number of sulfonamides is 1. The highest BCUT2D eigenvalue weighted by Crippen LogP contribution is 2.16. The molecule has 1 amide bonds. The summed E-state index contributed by atoms with van der Waals surface area (Å²) >= 11 is 5.93. The van der Waals surface area contributed by atoms with E-state index in [4.69, 9.17) is 11.6 Å². The molecule has 172 valence electrons. The number of halogens is 1. The van der Waals surface area contributed by atoms with Crippen LogP contribution in [0.3, 0.4) is 0 Å². The third-order valence-corrected chi connectivity index (χ3v) is 7.22. The van der Waals surface area contributed by atoms with Crippen molar-refractivity contribution in [1.29, 1.82) is 0 Å². The van der Waals surface area contributed by atoms with Crippen LogP contribution in [0.5, 0.6) is 0 Å². The molecule has 1 aliphatic rings. The standard InChI is InChI=1S/C23H28ClN3O4S/c1-17(28)19-4-8-22(9-5-19)32(30,31)25-13-10-23(29)26-21-11-14-27(15-12-21)16-18-2-6-20(24)7-3-18/h2-9,21,25H,10-16H2,1H3,(H,26,29). The van der Waals surface area contributed by atoms with E-state index in [-0.39, 0.29) is 35.6 Å². The van der Waals surface area contributed by atoms with Crippen LogP contribution >= 0.6 is 11.6 Å². The van der Waals surface area contributed by atoms with Gasteiger partial charge in [0.25, 0.3) is 0 Å². The third-order valence-electron chi connectivity index (χ3n) is 5.49. The van der Waals surface area contributed by atoms with Gasteiger partial charge in [-0.15, -0.1) is 0 Å². The van der Waals surface area contributed by atoms with E-state index in [2.05, 4.69) is 14.9 Å². The van der Waals surface area contributed by atoms with Crippen molar-refractivity contribution < 1.29 is 18.0 Å². The Morgan fingerprint density at radius 3 is 2.25 bits per heavy atom. The summed E-state index contributed by atoms with van der Waals surface area (Å²) in [5.41, 5.74) is 1.66. The van der Waals surface area contributed by atoms with Gasteiger partial charge in [0.1, 0.15) is 0 Å². The number of nitrogens with zero attached hydrogens (tertiary/aromatic N) is 1. The summed E-state index contributed by atoms with van der Waals surface area (Å²) in [5.74, 6) is -0.301. The van der Waals surface area contributed by atoms with Crippen LogP contribution in [-0.2, 0) is 21.4 Å². The monoisotopic (exact) mass is 477 g/mol. The molecule has 1 fully saturated rings. The maximum absolute atomic E-state index is 12.3. The molecule has 32 heavy (non-hydrogen) atoms. The Labute approximate surface area is 194 Å². The topological polar surface area (TPSA) is 95.6 Å². The van der Waals surface area contributed by atoms with Crippen LogP contribution in [0.15, 0.2) is 53.4 Å². The number of likely N-dealkylation sites (tertiary alicyclic amines) is 1. The Balaban J connectivity index is 1.38. The molecule has 0 saturated carbocycles. The van der Waals surface area contributed by atoms with Crippen molar-refractivity contribution in [1.82, 2.24) is 14.9 Å². The quantitative estimate of drug-likeness (QED) is 0.541. The Morgan fingerprint density at radius 2 is 1.66 bits per heavy atom. The van der Waals surface area contributed by atoms with E-state index in [1.165, 1.54) is 36.8 Å². The number of benzene rings is 2. The largest absolute Gasteiger partial charge is 0.353 e. The van der Waals surface area contributed by atoms with E-state index in [9.17, 15) is 18.0 Å². The van der Waals surface area contributed by atoms with Crippen LogP contribution in [0.2, 0.25) is 5.02 Å². The number of amides is 1. The first-order chi connectivity index (χ1) is 15.2. The van der Waals surface area contributed by atoms with E-state index >= 15 is 0 Å². The van der Waals surface area contributed by atoms with E-state index in [1.54, 1.807) is 0 Å². The van der Waals surface area contributed by atoms with Crippen molar-refractivity contribution in [3.05, 3.63) is 64.7 Å². The highest BCUT2D eigenvalue weighted by atomic mass is 35.5. The lowest BCUT2D eigenvalue weighted by Crippen LogP contribution is -2.45. The molecule has 0 radical (unpaired) electrons. The van der Waals surface area contributed by atoms with Crippen molar-refractivity contribution in [2.45, 2.75) is 43.7 Å². The molecule has 2 aromatic rings. The lowest BCUT2D eigenvalue weighted by Gasteiger charge is -2.32. The van der Waals surface area contributed by atoms with Gasteiger partial charge in [-0.1, -0.05) is 35.9 Å². The van der Waals surface area contributed by atoms with Crippen molar-refractivity contribution >= 4 is 33.3 Å². The molecule has 0 aromatic heterocycles. The molecule has 2 N–H and O–H groups in total. The Kier molecular flexibility index (Phi) is 8.42. The summed E-state index contributed by atoms with van der Waals surface area (Å²) < 4.78 is 27.1. The van der Waals surface area contributed by atoms with Crippen LogP contribution in [0.4, 0.5) is 0 Å². The number of hydrogen-bond donors (Lipinski definition) is 2. The smallest absolute Gasteiger partial charge is 0.240 e. The molecule has 0 bridgehead atoms. The van der Waals surface area contributed by atoms with Gasteiger partial charge >= 0.3 is 0 Å². The number of carbonyl (C=O) groups excluding carboxylic acids is 2. The van der Waals surface area contributed by atoms with E-state index in [0.717, 1.165) is 37.5 Å². The number of rotatable bonds is 9. The summed E-state index contributed by atoms with van der Waals surface area (Å²) in [6, 6.07) is 13.6. The highest BCUT2D eigenvalue weighted by molar-refractivity contribution is 7.89. The van der Waals surface area contributed by atoms with Gasteiger partial charge in [-0.05, 0) is 49.6 Å². The van der Waals surface area contributed by atoms with Crippen LogP contribution in [0.1, 0.15) is 42.1 Å². The fourth-order valence-corrected chi connectivity index (χ4v) is 4.79. The number of piperidine rings is 1. The molecule has 2 aromatic carbocycles. The van der Waals surface area contributed by atoms with Gasteiger partial charge in [0.15, 0.2) is 5.78 Å². The van der Waals surface area contributed by atoms with Crippen molar-refractivity contribution in [3.63, 3.8) is 0 Å². The number of hydrogen-bond acceptors (Lipinski definition) is 5. The van der Waals surface area contributed by atoms with Gasteiger partial charge < -0.3 is 5.32 Å². The second kappa shape index (κ2) is 11.0. The Morgan fingerprint density at radius 1 is 1.03 bits per heavy atom. The van der Waals surface area contributed by atoms with Crippen molar-refractivity contribution in [3.8, 4) is 0 Å². The predicted molar refractivity (Wildman–Crippen MR) is 124 cm³/mol. The second-order valence-corrected chi connectivity index (χ2v) is 10.2. The summed E-state index contributed by atoms with van der Waals surface area (Å²) in [6.45, 7) is 4.06. The molecule has 0 aliphatic carbocycles. The third kappa shape index (κ3) is 7.13. The maximum atomic E-state index is 12.3. The fourth-order valence-electron chi connectivity index (χ4n) is 3.63. The lowest BCUT2D eigenvalue weighted by molar-refractivity contribution is -0.121. The molecular formula is C23H28ClN3O4S. The molecule has 3 rings (SSSR count). The number of ketones is 1. The molecule has 0 atom stereocenters. The van der Waals surface area contributed by atoms with Crippen molar-refractivity contribution in [2.24, 2.45) is 0 Å². The summed E-state index contributed by atoms with van der Waals surface area (Å²) in [5, 5.41) is 3.73. The Bertz CT molecular complexity index is 1030. The van der Waals surface area contributed by atoms with Crippen LogP contribution < -0.4 is 10.0 Å². The second-order valence-electron chi connectivity index (χ2n) is 7.97. The number of carbonyl (C=O) groups is 2. The SMILES string of the molecule is CC(=O)c1ccc(S(=O)(=O)NCCC(=O)NC2CCN(Cc3ccc(Cl)cc3)CC2)cc1. The van der Waals surface area contributed by atoms with E-state index in [0.29, 0.717) is 5.56 Å². The highest BCUT2D eigenvalue weighted by Gasteiger charge is 2.21. The summed E-state index contributed by atoms with van der Waals surface area (Å²) in [6.07, 6.45) is 1.77. The normalized spacial score (nSPS) is 15.4. The van der Waals surface area contributed by atoms with Gasteiger partial charge in [-0.3, -0.25) is 14.5 Å². The first kappa shape index (κ1) is 24.4. The van der Waals surface area contributed by atoms with Crippen LogP contribution in [0, 0.1) is 0 Å². The molecule has 0 spiro atoms. The fraction of sp³-hybridized carbons (Fsp3) is 0.391. The zero-order valence-electron chi connectivity index (χ0n) is 18.0. The van der Waals surface area contributed by atoms with E-state index < -0.39 is 10.0 Å². The Hall–Kier alpha value is -2.26. The lowest BCUT2D eigenvalue weighted by atomic mass is 10.0. The van der Waals surface area contributed by atoms with Crippen molar-refractivity contribution in [2.75, 3.05) is 19.6 Å². The molecule has 9 heteroatoms. The predicted octanol–water partition coefficient (Wildman–Crippen LogP) is 2.99. The molecule has 1 saturated heterocycles. The minimum atomic E-state index is -3.73. The van der Waals surface area contributed by atoms with Gasteiger partial charge in [-0.2, -0.15) is 0 Å². The van der Waals surface area contributed by atoms with Crippen LogP contribution in [0.25, 0.3) is 0 Å². The zero-order valence-corrected chi connectivity index (χ0v) is 19.6. The molecular weight excluding hydrogens is 450 g/mol. The average Bonchev–Trinajstić information content (AvgIpc) is 2.76. The molecule has 1 aliphatic heterocycles. The summed E-state index contributed by atoms with van der Waals surface area (Å²) in [4.78, 5) is 26.0. The first-order valence-electron chi connectivity index (χ1n) is 10.6. The van der Waals surface area contributed by atoms with Gasteiger partial charge in [0, 0.05) is 49.2 Å². The number of Topliss-reactive ketones (excluding diaryl/α,β-unsaturated/α-hetero) is 1. The first-order valence-corrected chi connectivity index (χ1v) is 12.5. The zero-order chi connectivity index (χ0) is 23.1. The number of nitrogens with one attached hydrogen (secondary N) is 2. The average molecular weight is 478 g/mol. The van der Waals surface area contributed by atoms with E-state index in [1.807, 2.05) is 24.3 Å².